The van der Waals surface area contributed by atoms with Crippen LogP contribution in [0.2, 0.25) is 0 Å². The van der Waals surface area contributed by atoms with E-state index in [1.54, 1.807) is 31.8 Å². The van der Waals surface area contributed by atoms with Crippen molar-refractivity contribution < 1.29 is 8.42 Å². The van der Waals surface area contributed by atoms with Crippen LogP contribution >= 0.6 is 0 Å². The Balaban J connectivity index is 2.27. The van der Waals surface area contributed by atoms with Crippen LogP contribution in [0.4, 0.5) is 0 Å². The number of nitrogens with zero attached hydrogens (tertiary/aromatic N) is 5. The van der Waals surface area contributed by atoms with Gasteiger partial charge in [-0.25, -0.2) is 13.1 Å². The first-order valence-corrected chi connectivity index (χ1v) is 7.73. The van der Waals surface area contributed by atoms with Crippen molar-refractivity contribution in [3.8, 4) is 0 Å². The summed E-state index contributed by atoms with van der Waals surface area (Å²) in [5, 5.41) is 11.7. The molecule has 0 aliphatic rings. The van der Waals surface area contributed by atoms with Crippen molar-refractivity contribution in [1.82, 2.24) is 29.3 Å². The van der Waals surface area contributed by atoms with E-state index in [0.717, 1.165) is 0 Å². The third-order valence-electron chi connectivity index (χ3n) is 3.19. The minimum absolute atomic E-state index is 0.175. The van der Waals surface area contributed by atoms with Crippen molar-refractivity contribution in [2.24, 2.45) is 7.05 Å². The first-order chi connectivity index (χ1) is 9.36. The fraction of sp³-hybridized carbons (Fsp3) is 0.545. The van der Waals surface area contributed by atoms with E-state index >= 15 is 0 Å². The van der Waals surface area contributed by atoms with Gasteiger partial charge in [-0.3, -0.25) is 4.68 Å². The van der Waals surface area contributed by atoms with Gasteiger partial charge in [0.25, 0.3) is 0 Å². The van der Waals surface area contributed by atoms with Gasteiger partial charge in [0.2, 0.25) is 10.0 Å². The minimum Gasteiger partial charge on any atom is -0.317 e. The third-order valence-corrected chi connectivity index (χ3v) is 4.83. The van der Waals surface area contributed by atoms with Gasteiger partial charge in [0.15, 0.2) is 5.82 Å². The second-order valence-corrected chi connectivity index (χ2v) is 6.22. The molecule has 0 aliphatic heterocycles. The molecular weight excluding hydrogens is 280 g/mol. The van der Waals surface area contributed by atoms with Gasteiger partial charge in [-0.1, -0.05) is 0 Å². The Hall–Kier alpha value is -1.74. The summed E-state index contributed by atoms with van der Waals surface area (Å²) >= 11 is 0. The van der Waals surface area contributed by atoms with Gasteiger partial charge in [0, 0.05) is 13.6 Å². The van der Waals surface area contributed by atoms with Crippen LogP contribution in [0, 0.1) is 6.92 Å². The molecule has 1 atom stereocenters. The summed E-state index contributed by atoms with van der Waals surface area (Å²) in [6.07, 6.45) is 2.92. The highest BCUT2D eigenvalue weighted by molar-refractivity contribution is 7.89. The van der Waals surface area contributed by atoms with E-state index in [1.165, 1.54) is 10.9 Å². The van der Waals surface area contributed by atoms with Gasteiger partial charge < -0.3 is 4.57 Å². The van der Waals surface area contributed by atoms with Crippen LogP contribution in [0.3, 0.4) is 0 Å². The van der Waals surface area contributed by atoms with Gasteiger partial charge >= 0.3 is 0 Å². The Bertz CT molecular complexity index is 702. The fourth-order valence-corrected chi connectivity index (χ4v) is 3.34. The molecule has 2 rings (SSSR count). The molecule has 0 radical (unpaired) electrons. The van der Waals surface area contributed by atoms with Crippen LogP contribution in [0.25, 0.3) is 0 Å². The second kappa shape index (κ2) is 5.33. The lowest BCUT2D eigenvalue weighted by molar-refractivity contribution is 0.546. The summed E-state index contributed by atoms with van der Waals surface area (Å²) < 4.78 is 30.6. The van der Waals surface area contributed by atoms with E-state index in [4.69, 9.17) is 0 Å². The summed E-state index contributed by atoms with van der Waals surface area (Å²) in [5.41, 5.74) is 0.585. The molecule has 2 aromatic heterocycles. The first kappa shape index (κ1) is 14.7. The second-order valence-electron chi connectivity index (χ2n) is 4.54. The molecule has 8 nitrogen and oxygen atoms in total. The normalized spacial score (nSPS) is 13.6. The predicted molar refractivity (Wildman–Crippen MR) is 72.4 cm³/mol. The molecule has 110 valence electrons. The number of hydrogen-bond acceptors (Lipinski definition) is 5. The first-order valence-electron chi connectivity index (χ1n) is 6.25. The SMILES string of the molecule is CCn1cnnc1C(C)NS(=O)(=O)c1cnn(C)c1C. The number of aromatic nitrogens is 5. The average molecular weight is 298 g/mol. The molecule has 20 heavy (non-hydrogen) atoms. The lowest BCUT2D eigenvalue weighted by Gasteiger charge is -2.14. The monoisotopic (exact) mass is 298 g/mol. The predicted octanol–water partition coefficient (Wildman–Crippen LogP) is 0.379. The van der Waals surface area contributed by atoms with E-state index in [9.17, 15) is 8.42 Å². The summed E-state index contributed by atoms with van der Waals surface area (Å²) in [6, 6.07) is -0.470. The molecule has 1 N–H and O–H groups in total. The Labute approximate surface area is 117 Å². The molecular formula is C11H18N6O2S. The molecule has 0 aliphatic carbocycles. The van der Waals surface area contributed by atoms with E-state index in [-0.39, 0.29) is 4.90 Å². The lowest BCUT2D eigenvalue weighted by atomic mass is 10.3. The molecule has 1 unspecified atom stereocenters. The fourth-order valence-electron chi connectivity index (χ4n) is 1.93. The molecule has 0 aromatic carbocycles. The number of hydrogen-bond donors (Lipinski definition) is 1. The summed E-state index contributed by atoms with van der Waals surface area (Å²) in [5.74, 6) is 0.581. The zero-order valence-corrected chi connectivity index (χ0v) is 12.7. The van der Waals surface area contributed by atoms with Crippen molar-refractivity contribution in [3.63, 3.8) is 0 Å². The maximum Gasteiger partial charge on any atom is 0.244 e. The number of rotatable bonds is 5. The lowest BCUT2D eigenvalue weighted by Crippen LogP contribution is -2.29. The highest BCUT2D eigenvalue weighted by Crippen LogP contribution is 2.17. The van der Waals surface area contributed by atoms with Gasteiger partial charge in [0.05, 0.1) is 17.9 Å². The van der Waals surface area contributed by atoms with Crippen molar-refractivity contribution in [2.75, 3.05) is 0 Å². The molecule has 2 aromatic rings. The van der Waals surface area contributed by atoms with Gasteiger partial charge in [-0.05, 0) is 20.8 Å². The molecule has 2 heterocycles. The Morgan fingerprint density at radius 3 is 2.70 bits per heavy atom. The van der Waals surface area contributed by atoms with Gasteiger partial charge in [0.1, 0.15) is 11.2 Å². The highest BCUT2D eigenvalue weighted by atomic mass is 32.2. The maximum absolute atomic E-state index is 12.3. The van der Waals surface area contributed by atoms with Crippen LogP contribution in [-0.2, 0) is 23.6 Å². The Morgan fingerprint density at radius 1 is 1.45 bits per heavy atom. The average Bonchev–Trinajstić information content (AvgIpc) is 2.97. The molecule has 0 saturated heterocycles. The summed E-state index contributed by atoms with van der Waals surface area (Å²) in [6.45, 7) is 6.07. The Morgan fingerprint density at radius 2 is 2.15 bits per heavy atom. The zero-order chi connectivity index (χ0) is 14.9. The summed E-state index contributed by atoms with van der Waals surface area (Å²) in [4.78, 5) is 0.175. The van der Waals surface area contributed by atoms with Crippen LogP contribution < -0.4 is 4.72 Å². The molecule has 0 saturated carbocycles. The third kappa shape index (κ3) is 2.59. The molecule has 9 heteroatoms. The van der Waals surface area contributed by atoms with Gasteiger partial charge in [-0.15, -0.1) is 10.2 Å². The molecule has 0 amide bonds. The molecule has 0 fully saturated rings. The largest absolute Gasteiger partial charge is 0.317 e. The van der Waals surface area contributed by atoms with Crippen molar-refractivity contribution in [3.05, 3.63) is 24.0 Å². The number of sulfonamides is 1. The quantitative estimate of drug-likeness (QED) is 0.861. The van der Waals surface area contributed by atoms with Crippen molar-refractivity contribution in [2.45, 2.75) is 38.3 Å². The highest BCUT2D eigenvalue weighted by Gasteiger charge is 2.24. The van der Waals surface area contributed by atoms with E-state index in [1.807, 2.05) is 6.92 Å². The summed E-state index contributed by atoms with van der Waals surface area (Å²) in [7, 11) is -1.93. The maximum atomic E-state index is 12.3. The molecule has 0 bridgehead atoms. The number of nitrogens with one attached hydrogen (secondary N) is 1. The zero-order valence-electron chi connectivity index (χ0n) is 11.9. The van der Waals surface area contributed by atoms with E-state index in [2.05, 4.69) is 20.0 Å². The van der Waals surface area contributed by atoms with Crippen molar-refractivity contribution in [1.29, 1.82) is 0 Å². The standard InChI is InChI=1S/C11H18N6O2S/c1-5-17-7-12-14-11(17)8(2)15-20(18,19)10-6-13-16(4)9(10)3/h6-8,15H,5H2,1-4H3. The van der Waals surface area contributed by atoms with Crippen LogP contribution in [0.1, 0.15) is 31.4 Å². The minimum atomic E-state index is -3.63. The van der Waals surface area contributed by atoms with Crippen LogP contribution in [0.15, 0.2) is 17.4 Å². The smallest absolute Gasteiger partial charge is 0.244 e. The van der Waals surface area contributed by atoms with Crippen molar-refractivity contribution >= 4 is 10.0 Å². The Kier molecular flexibility index (Phi) is 3.91. The van der Waals surface area contributed by atoms with E-state index in [0.29, 0.717) is 18.1 Å². The van der Waals surface area contributed by atoms with E-state index < -0.39 is 16.1 Å². The van der Waals surface area contributed by atoms with Crippen LogP contribution in [-0.4, -0.2) is 33.0 Å². The van der Waals surface area contributed by atoms with Crippen LogP contribution in [0.5, 0.6) is 0 Å². The van der Waals surface area contributed by atoms with Gasteiger partial charge in [-0.2, -0.15) is 5.10 Å². The molecule has 0 spiro atoms. The topological polar surface area (TPSA) is 94.7 Å². The number of aryl methyl sites for hydroxylation is 2.